The summed E-state index contributed by atoms with van der Waals surface area (Å²) >= 11 is 0. The Morgan fingerprint density at radius 2 is 1.36 bits per heavy atom. The highest BCUT2D eigenvalue weighted by molar-refractivity contribution is 6.06. The largest absolute Gasteiger partial charge is 0.422 e. The van der Waals surface area contributed by atoms with Gasteiger partial charge in [0.05, 0.1) is 16.6 Å². The van der Waals surface area contributed by atoms with Crippen molar-refractivity contribution < 1.29 is 28.8 Å². The van der Waals surface area contributed by atoms with Crippen molar-refractivity contribution >= 4 is 23.4 Å². The molecule has 1 aliphatic carbocycles. The smallest absolute Gasteiger partial charge is 0.328 e. The summed E-state index contributed by atoms with van der Waals surface area (Å²) in [4.78, 5) is 50.5. The Balaban J connectivity index is 1.91. The van der Waals surface area contributed by atoms with Gasteiger partial charge in [0.25, 0.3) is 11.5 Å². The van der Waals surface area contributed by atoms with E-state index in [1.165, 1.54) is 38.1 Å². The van der Waals surface area contributed by atoms with Crippen molar-refractivity contribution in [2.24, 2.45) is 5.41 Å². The van der Waals surface area contributed by atoms with Crippen LogP contribution in [0.4, 0.5) is 5.69 Å². The number of ether oxygens (including phenoxy) is 2. The second-order valence-electron chi connectivity index (χ2n) is 8.68. The van der Waals surface area contributed by atoms with Crippen molar-refractivity contribution in [3.63, 3.8) is 0 Å². The van der Waals surface area contributed by atoms with E-state index >= 15 is 0 Å². The van der Waals surface area contributed by atoms with Crippen molar-refractivity contribution in [1.29, 1.82) is 5.26 Å². The Morgan fingerprint density at radius 1 is 0.909 bits per heavy atom. The predicted octanol–water partition coefficient (Wildman–Crippen LogP) is 3.52. The van der Waals surface area contributed by atoms with E-state index in [-0.39, 0.29) is 24.3 Å². The summed E-state index contributed by atoms with van der Waals surface area (Å²) < 4.78 is 11.1. The highest BCUT2D eigenvalue weighted by atomic mass is 16.7. The number of hydrogen-bond donors (Lipinski definition) is 0. The van der Waals surface area contributed by atoms with Crippen molar-refractivity contribution in [2.75, 3.05) is 0 Å². The first-order valence-electron chi connectivity index (χ1n) is 10.3. The van der Waals surface area contributed by atoms with Gasteiger partial charge in [-0.25, -0.2) is 0 Å². The maximum Gasteiger partial charge on any atom is 0.328 e. The molecule has 1 heterocycles. The van der Waals surface area contributed by atoms with Crippen molar-refractivity contribution in [3.05, 3.63) is 75.3 Å². The van der Waals surface area contributed by atoms with Crippen LogP contribution < -0.4 is 0 Å². The molecule has 0 aromatic heterocycles. The number of carbonyl (C=O) groups is 3. The van der Waals surface area contributed by atoms with Crippen LogP contribution in [0.5, 0.6) is 0 Å². The molecule has 0 amide bonds. The zero-order valence-electron chi connectivity index (χ0n) is 17.9. The monoisotopic (exact) mass is 448 g/mol. The van der Waals surface area contributed by atoms with Crippen LogP contribution >= 0.6 is 0 Å². The van der Waals surface area contributed by atoms with Gasteiger partial charge in [0, 0.05) is 50.7 Å². The standard InChI is InChI=1S/C24H20N2O7/c1-23(2)32-21(28)24(22(29)33-23)19(15-5-3-14(13-25)4-6-15)11-18(27)12-20(24)16-7-9-17(10-8-16)26(30)31/h3-10,19-20H,11-12H2,1-2H3/t19-,20+/m0/s1. The SMILES string of the molecule is CC1(C)OC(=O)C2(C(=O)O1)[C@@H](c1ccc([N+](=O)[O-])cc1)CC(=O)C[C@H]2c1ccc(C#N)cc1. The third kappa shape index (κ3) is 3.63. The Labute approximate surface area is 189 Å². The van der Waals surface area contributed by atoms with Gasteiger partial charge in [0.2, 0.25) is 0 Å². The molecular weight excluding hydrogens is 428 g/mol. The third-order valence-electron chi connectivity index (χ3n) is 6.26. The molecule has 2 aromatic carbocycles. The average molecular weight is 448 g/mol. The van der Waals surface area contributed by atoms with E-state index in [4.69, 9.17) is 14.7 Å². The number of ketones is 1. The van der Waals surface area contributed by atoms with Crippen LogP contribution in [-0.2, 0) is 23.9 Å². The molecule has 2 fully saturated rings. The van der Waals surface area contributed by atoms with Gasteiger partial charge in [0.1, 0.15) is 5.78 Å². The Bertz CT molecular complexity index is 1170. The number of rotatable bonds is 3. The number of non-ortho nitro benzene ring substituents is 1. The first-order chi connectivity index (χ1) is 15.6. The lowest BCUT2D eigenvalue weighted by molar-refractivity contribution is -0.384. The van der Waals surface area contributed by atoms with E-state index < -0.39 is 39.9 Å². The zero-order valence-corrected chi connectivity index (χ0v) is 17.9. The van der Waals surface area contributed by atoms with Crippen LogP contribution in [0.25, 0.3) is 0 Å². The summed E-state index contributed by atoms with van der Waals surface area (Å²) in [6.45, 7) is 2.89. The maximum atomic E-state index is 13.6. The topological polar surface area (TPSA) is 137 Å². The highest BCUT2D eigenvalue weighted by Gasteiger charge is 2.67. The fraction of sp³-hybridized carbons (Fsp3) is 0.333. The van der Waals surface area contributed by atoms with E-state index in [1.54, 1.807) is 24.3 Å². The Morgan fingerprint density at radius 3 is 1.79 bits per heavy atom. The maximum absolute atomic E-state index is 13.6. The second-order valence-corrected chi connectivity index (χ2v) is 8.68. The van der Waals surface area contributed by atoms with Crippen LogP contribution in [0.3, 0.4) is 0 Å². The number of esters is 2. The number of nitrogens with zero attached hydrogens (tertiary/aromatic N) is 2. The lowest BCUT2D eigenvalue weighted by atomic mass is 9.55. The Kier molecular flexibility index (Phi) is 5.24. The zero-order chi connectivity index (χ0) is 24.0. The van der Waals surface area contributed by atoms with Gasteiger partial charge in [-0.05, 0) is 23.3 Å². The van der Waals surface area contributed by atoms with Crippen LogP contribution in [-0.4, -0.2) is 28.4 Å². The third-order valence-corrected chi connectivity index (χ3v) is 6.26. The van der Waals surface area contributed by atoms with Gasteiger partial charge in [-0.3, -0.25) is 24.5 Å². The van der Waals surface area contributed by atoms with Crippen molar-refractivity contribution in [3.8, 4) is 6.07 Å². The molecule has 33 heavy (non-hydrogen) atoms. The Hall–Kier alpha value is -4.06. The lowest BCUT2D eigenvalue weighted by Gasteiger charge is -2.49. The average Bonchev–Trinajstić information content (AvgIpc) is 2.77. The van der Waals surface area contributed by atoms with Crippen molar-refractivity contribution in [2.45, 2.75) is 44.3 Å². The van der Waals surface area contributed by atoms with Crippen LogP contribution in [0, 0.1) is 26.9 Å². The summed E-state index contributed by atoms with van der Waals surface area (Å²) in [7, 11) is 0. The minimum atomic E-state index is -1.87. The molecule has 168 valence electrons. The van der Waals surface area contributed by atoms with E-state index in [1.807, 2.05) is 6.07 Å². The molecule has 1 saturated heterocycles. The molecule has 1 saturated carbocycles. The molecule has 2 aliphatic rings. The summed E-state index contributed by atoms with van der Waals surface area (Å²) in [6.07, 6.45) is -0.227. The number of nitro groups is 1. The quantitative estimate of drug-likeness (QED) is 0.301. The number of benzene rings is 2. The minimum Gasteiger partial charge on any atom is -0.422 e. The number of nitro benzene ring substituents is 1. The molecular formula is C24H20N2O7. The molecule has 0 N–H and O–H groups in total. The van der Waals surface area contributed by atoms with Crippen LogP contribution in [0.15, 0.2) is 48.5 Å². The number of Topliss-reactive ketones (excluding diaryl/α,β-unsaturated/α-hetero) is 1. The summed E-state index contributed by atoms with van der Waals surface area (Å²) in [6, 6.07) is 13.7. The van der Waals surface area contributed by atoms with Gasteiger partial charge >= 0.3 is 11.9 Å². The van der Waals surface area contributed by atoms with E-state index in [9.17, 15) is 24.5 Å². The molecule has 0 radical (unpaired) electrons. The van der Waals surface area contributed by atoms with Gasteiger partial charge < -0.3 is 9.47 Å². The van der Waals surface area contributed by atoms with Gasteiger partial charge in [-0.15, -0.1) is 0 Å². The lowest BCUT2D eigenvalue weighted by Crippen LogP contribution is -2.61. The fourth-order valence-corrected chi connectivity index (χ4v) is 4.77. The predicted molar refractivity (Wildman–Crippen MR) is 113 cm³/mol. The summed E-state index contributed by atoms with van der Waals surface area (Å²) in [5.74, 6) is -5.12. The highest BCUT2D eigenvalue weighted by Crippen LogP contribution is 2.57. The van der Waals surface area contributed by atoms with E-state index in [0.29, 0.717) is 16.7 Å². The van der Waals surface area contributed by atoms with Crippen molar-refractivity contribution in [1.82, 2.24) is 0 Å². The van der Waals surface area contributed by atoms with E-state index in [2.05, 4.69) is 0 Å². The van der Waals surface area contributed by atoms with Crippen LogP contribution in [0.2, 0.25) is 0 Å². The first-order valence-corrected chi connectivity index (χ1v) is 10.3. The minimum absolute atomic E-state index is 0.0972. The number of cyclic esters (lactones) is 2. The molecule has 2 aromatic rings. The number of carbonyl (C=O) groups excluding carboxylic acids is 3. The number of nitriles is 1. The fourth-order valence-electron chi connectivity index (χ4n) is 4.77. The second kappa shape index (κ2) is 7.81. The van der Waals surface area contributed by atoms with Crippen LogP contribution in [0.1, 0.15) is 55.2 Å². The molecule has 2 atom stereocenters. The van der Waals surface area contributed by atoms with E-state index in [0.717, 1.165) is 0 Å². The summed E-state index contributed by atoms with van der Waals surface area (Å²) in [5.41, 5.74) is -0.706. The molecule has 9 nitrogen and oxygen atoms in total. The molecule has 0 unspecified atom stereocenters. The molecule has 1 spiro atoms. The molecule has 1 aliphatic heterocycles. The van der Waals surface area contributed by atoms with Gasteiger partial charge in [-0.1, -0.05) is 24.3 Å². The van der Waals surface area contributed by atoms with Gasteiger partial charge in [0.15, 0.2) is 5.41 Å². The normalized spacial score (nSPS) is 23.4. The number of hydrogen-bond acceptors (Lipinski definition) is 8. The molecule has 0 bridgehead atoms. The van der Waals surface area contributed by atoms with Gasteiger partial charge in [-0.2, -0.15) is 5.26 Å². The summed E-state index contributed by atoms with van der Waals surface area (Å²) in [5, 5.41) is 20.2. The first kappa shape index (κ1) is 22.1. The molecule has 4 rings (SSSR count). The molecule has 9 heteroatoms.